The molecule has 1 aromatic heterocycles. The first-order chi connectivity index (χ1) is 12.0. The summed E-state index contributed by atoms with van der Waals surface area (Å²) in [5, 5.41) is 11.1. The van der Waals surface area contributed by atoms with E-state index in [1.165, 1.54) is 6.07 Å². The second-order valence-corrected chi connectivity index (χ2v) is 6.68. The van der Waals surface area contributed by atoms with E-state index in [2.05, 4.69) is 20.9 Å². The van der Waals surface area contributed by atoms with Crippen molar-refractivity contribution in [1.82, 2.24) is 9.88 Å². The van der Waals surface area contributed by atoms with Gasteiger partial charge in [0.1, 0.15) is 6.10 Å². The third kappa shape index (κ3) is 3.79. The Balaban J connectivity index is 1.70. The normalized spacial score (nSPS) is 16.7. The fourth-order valence-electron chi connectivity index (χ4n) is 2.75. The molecule has 1 aliphatic heterocycles. The molecule has 25 heavy (non-hydrogen) atoms. The van der Waals surface area contributed by atoms with Gasteiger partial charge in [-0.25, -0.2) is 4.98 Å². The number of hydrogen-bond acceptors (Lipinski definition) is 5. The summed E-state index contributed by atoms with van der Waals surface area (Å²) in [4.78, 5) is 29.0. The Morgan fingerprint density at radius 3 is 2.96 bits per heavy atom. The number of benzene rings is 1. The van der Waals surface area contributed by atoms with Gasteiger partial charge in [-0.05, 0) is 41.1 Å². The second kappa shape index (κ2) is 7.18. The first kappa shape index (κ1) is 17.3. The molecule has 2 heterocycles. The zero-order chi connectivity index (χ0) is 18.0. The summed E-state index contributed by atoms with van der Waals surface area (Å²) >= 11 is 3.38. The first-order valence-electron chi connectivity index (χ1n) is 7.77. The fourth-order valence-corrected chi connectivity index (χ4v) is 3.09. The maximum absolute atomic E-state index is 12.6. The van der Waals surface area contributed by atoms with Gasteiger partial charge in [-0.15, -0.1) is 0 Å². The van der Waals surface area contributed by atoms with Crippen LogP contribution in [0.4, 0.5) is 5.69 Å². The van der Waals surface area contributed by atoms with Crippen molar-refractivity contribution < 1.29 is 14.5 Å². The Hall–Kier alpha value is -2.48. The minimum atomic E-state index is -0.472. The number of aryl methyl sites for hydroxylation is 1. The maximum Gasteiger partial charge on any atom is 0.273 e. The molecule has 3 rings (SSSR count). The predicted molar refractivity (Wildman–Crippen MR) is 94.7 cm³/mol. The van der Waals surface area contributed by atoms with E-state index in [0.29, 0.717) is 36.5 Å². The van der Waals surface area contributed by atoms with Gasteiger partial charge in [0.15, 0.2) is 0 Å². The molecule has 1 amide bonds. The van der Waals surface area contributed by atoms with Crippen LogP contribution in [0.2, 0.25) is 0 Å². The van der Waals surface area contributed by atoms with E-state index >= 15 is 0 Å². The number of nitrogens with zero attached hydrogens (tertiary/aromatic N) is 3. The van der Waals surface area contributed by atoms with Crippen LogP contribution >= 0.6 is 15.9 Å². The highest BCUT2D eigenvalue weighted by Gasteiger charge is 2.29. The monoisotopic (exact) mass is 405 g/mol. The van der Waals surface area contributed by atoms with Crippen molar-refractivity contribution in [2.45, 2.75) is 19.4 Å². The van der Waals surface area contributed by atoms with E-state index in [9.17, 15) is 14.9 Å². The predicted octanol–water partition coefficient (Wildman–Crippen LogP) is 3.35. The van der Waals surface area contributed by atoms with Crippen LogP contribution < -0.4 is 4.74 Å². The molecule has 8 heteroatoms. The number of aromatic nitrogens is 1. The van der Waals surface area contributed by atoms with Crippen molar-refractivity contribution in [2.75, 3.05) is 13.1 Å². The molecule has 0 bridgehead atoms. The third-order valence-electron chi connectivity index (χ3n) is 4.09. The third-order valence-corrected chi connectivity index (χ3v) is 4.69. The summed E-state index contributed by atoms with van der Waals surface area (Å²) in [5.41, 5.74) is 0.802. The van der Waals surface area contributed by atoms with E-state index in [-0.39, 0.29) is 17.7 Å². The zero-order valence-electron chi connectivity index (χ0n) is 13.5. The van der Waals surface area contributed by atoms with Crippen molar-refractivity contribution in [1.29, 1.82) is 0 Å². The maximum atomic E-state index is 12.6. The highest BCUT2D eigenvalue weighted by Crippen LogP contribution is 2.26. The molecule has 0 saturated carbocycles. The molecule has 7 nitrogen and oxygen atoms in total. The van der Waals surface area contributed by atoms with Crippen molar-refractivity contribution in [3.63, 3.8) is 0 Å². The Bertz CT molecular complexity index is 827. The minimum Gasteiger partial charge on any atom is -0.472 e. The molecule has 1 aromatic carbocycles. The van der Waals surface area contributed by atoms with Crippen LogP contribution in [0.3, 0.4) is 0 Å². The van der Waals surface area contributed by atoms with Crippen LogP contribution in [-0.4, -0.2) is 39.9 Å². The van der Waals surface area contributed by atoms with Crippen LogP contribution in [0.15, 0.2) is 41.0 Å². The molecule has 2 aromatic rings. The lowest BCUT2D eigenvalue weighted by Gasteiger charge is -2.17. The number of pyridine rings is 1. The molecule has 0 radical (unpaired) electrons. The number of amides is 1. The number of halogens is 1. The van der Waals surface area contributed by atoms with Crippen molar-refractivity contribution in [2.24, 2.45) is 0 Å². The molecule has 1 saturated heterocycles. The Morgan fingerprint density at radius 1 is 1.44 bits per heavy atom. The van der Waals surface area contributed by atoms with Gasteiger partial charge >= 0.3 is 0 Å². The average Bonchev–Trinajstić information content (AvgIpc) is 3.05. The lowest BCUT2D eigenvalue weighted by molar-refractivity contribution is -0.385. The fraction of sp³-hybridized carbons (Fsp3) is 0.294. The number of ether oxygens (including phenoxy) is 1. The van der Waals surface area contributed by atoms with Crippen molar-refractivity contribution in [3.8, 4) is 5.88 Å². The standard InChI is InChI=1S/C17H16BrN3O4/c1-11-4-5-12(9-15(11)21(23)24)17(22)20-8-6-13(10-20)25-16-14(18)3-2-7-19-16/h2-5,7,9,13H,6,8,10H2,1H3. The summed E-state index contributed by atoms with van der Waals surface area (Å²) in [6, 6.07) is 8.19. The van der Waals surface area contributed by atoms with Gasteiger partial charge in [-0.2, -0.15) is 0 Å². The molecular weight excluding hydrogens is 390 g/mol. The topological polar surface area (TPSA) is 85.6 Å². The molecule has 0 spiro atoms. The van der Waals surface area contributed by atoms with Gasteiger partial charge < -0.3 is 9.64 Å². The molecule has 1 fully saturated rings. The minimum absolute atomic E-state index is 0.0461. The Kier molecular flexibility index (Phi) is 4.98. The number of hydrogen-bond donors (Lipinski definition) is 0. The van der Waals surface area contributed by atoms with Gasteiger partial charge in [0, 0.05) is 36.4 Å². The van der Waals surface area contributed by atoms with E-state index in [0.717, 1.165) is 4.47 Å². The average molecular weight is 406 g/mol. The smallest absolute Gasteiger partial charge is 0.273 e. The van der Waals surface area contributed by atoms with Crippen molar-refractivity contribution in [3.05, 3.63) is 62.2 Å². The summed E-state index contributed by atoms with van der Waals surface area (Å²) in [5.74, 6) is 0.266. The number of likely N-dealkylation sites (tertiary alicyclic amines) is 1. The van der Waals surface area contributed by atoms with E-state index < -0.39 is 4.92 Å². The number of nitro groups is 1. The summed E-state index contributed by atoms with van der Waals surface area (Å²) < 4.78 is 6.60. The largest absolute Gasteiger partial charge is 0.472 e. The number of carbonyl (C=O) groups excluding carboxylic acids is 1. The van der Waals surface area contributed by atoms with Crippen LogP contribution in [0.5, 0.6) is 5.88 Å². The molecule has 1 aliphatic rings. The number of carbonyl (C=O) groups is 1. The molecule has 0 aliphatic carbocycles. The molecule has 1 unspecified atom stereocenters. The van der Waals surface area contributed by atoms with Crippen LogP contribution in [-0.2, 0) is 0 Å². The Labute approximate surface area is 152 Å². The summed E-state index contributed by atoms with van der Waals surface area (Å²) in [7, 11) is 0. The van der Waals surface area contributed by atoms with Gasteiger partial charge in [-0.3, -0.25) is 14.9 Å². The Morgan fingerprint density at radius 2 is 2.24 bits per heavy atom. The van der Waals surface area contributed by atoms with Crippen LogP contribution in [0.25, 0.3) is 0 Å². The quantitative estimate of drug-likeness (QED) is 0.574. The van der Waals surface area contributed by atoms with Gasteiger partial charge in [0.25, 0.3) is 11.6 Å². The second-order valence-electron chi connectivity index (χ2n) is 5.83. The highest BCUT2D eigenvalue weighted by atomic mass is 79.9. The highest BCUT2D eigenvalue weighted by molar-refractivity contribution is 9.10. The molecule has 130 valence electrons. The summed E-state index contributed by atoms with van der Waals surface area (Å²) in [6.45, 7) is 2.61. The van der Waals surface area contributed by atoms with Gasteiger partial charge in [-0.1, -0.05) is 6.07 Å². The molecule has 0 N–H and O–H groups in total. The van der Waals surface area contributed by atoms with E-state index in [1.54, 1.807) is 36.2 Å². The van der Waals surface area contributed by atoms with Gasteiger partial charge in [0.2, 0.25) is 5.88 Å². The van der Waals surface area contributed by atoms with Gasteiger partial charge in [0.05, 0.1) is 15.9 Å². The lowest BCUT2D eigenvalue weighted by Crippen LogP contribution is -2.31. The zero-order valence-corrected chi connectivity index (χ0v) is 15.1. The number of rotatable bonds is 4. The molecule has 1 atom stereocenters. The molecular formula is C17H16BrN3O4. The number of nitro benzene ring substituents is 1. The summed E-state index contributed by atoms with van der Waals surface area (Å²) in [6.07, 6.45) is 2.17. The van der Waals surface area contributed by atoms with Crippen LogP contribution in [0.1, 0.15) is 22.3 Å². The lowest BCUT2D eigenvalue weighted by atomic mass is 10.1. The van der Waals surface area contributed by atoms with Crippen molar-refractivity contribution >= 4 is 27.5 Å². The van der Waals surface area contributed by atoms with E-state index in [4.69, 9.17) is 4.74 Å². The SMILES string of the molecule is Cc1ccc(C(=O)N2CCC(Oc3ncccc3Br)C2)cc1[N+](=O)[O-]. The van der Waals surface area contributed by atoms with Crippen LogP contribution in [0, 0.1) is 17.0 Å². The first-order valence-corrected chi connectivity index (χ1v) is 8.56. The van der Waals surface area contributed by atoms with E-state index in [1.807, 2.05) is 6.07 Å².